The fraction of sp³-hybridized carbons (Fsp3) is 0.323. The Labute approximate surface area is 247 Å². The fourth-order valence-electron chi connectivity index (χ4n) is 4.53. The van der Waals surface area contributed by atoms with Crippen LogP contribution < -0.4 is 5.32 Å². The van der Waals surface area contributed by atoms with Crippen molar-refractivity contribution >= 4 is 45.2 Å². The summed E-state index contributed by atoms with van der Waals surface area (Å²) in [4.78, 5) is 28.0. The Kier molecular flexibility index (Phi) is 9.68. The highest BCUT2D eigenvalue weighted by atomic mass is 32.2. The summed E-state index contributed by atoms with van der Waals surface area (Å²) in [6, 6.07) is 23.7. The first-order valence-corrected chi connectivity index (χ1v) is 15.2. The third-order valence-electron chi connectivity index (χ3n) is 6.71. The zero-order valence-electron chi connectivity index (χ0n) is 22.8. The maximum Gasteiger partial charge on any atom is 0.303 e. The number of carbonyl (C=O) groups excluding carboxylic acids is 2. The lowest BCUT2D eigenvalue weighted by Crippen LogP contribution is -2.35. The Hall–Kier alpha value is -3.28. The second kappa shape index (κ2) is 13.6. The lowest BCUT2D eigenvalue weighted by Gasteiger charge is -2.36. The van der Waals surface area contributed by atoms with Crippen LogP contribution in [0.1, 0.15) is 54.9 Å². The molecule has 1 aromatic heterocycles. The molecule has 41 heavy (non-hydrogen) atoms. The van der Waals surface area contributed by atoms with Gasteiger partial charge in [-0.3, -0.25) is 9.59 Å². The molecule has 4 unspecified atom stereocenters. The molecule has 8 nitrogen and oxygen atoms in total. The molecule has 2 N–H and O–H groups in total. The quantitative estimate of drug-likeness (QED) is 0.179. The van der Waals surface area contributed by atoms with Gasteiger partial charge in [-0.05, 0) is 35.7 Å². The Morgan fingerprint density at radius 2 is 1.76 bits per heavy atom. The second-order valence-electron chi connectivity index (χ2n) is 9.82. The number of benzene rings is 3. The Morgan fingerprint density at radius 3 is 2.46 bits per heavy atom. The van der Waals surface area contributed by atoms with Crippen LogP contribution in [0.15, 0.2) is 77.1 Å². The Balaban J connectivity index is 1.27. The predicted molar refractivity (Wildman–Crippen MR) is 158 cm³/mol. The van der Waals surface area contributed by atoms with E-state index in [-0.39, 0.29) is 24.7 Å². The number of aliphatic hydroxyl groups is 1. The first-order chi connectivity index (χ1) is 19.9. The zero-order chi connectivity index (χ0) is 28.8. The van der Waals surface area contributed by atoms with Gasteiger partial charge in [0, 0.05) is 31.2 Å². The van der Waals surface area contributed by atoms with Crippen LogP contribution in [-0.4, -0.2) is 39.9 Å². The molecule has 0 bridgehead atoms. The van der Waals surface area contributed by atoms with Gasteiger partial charge < -0.3 is 24.6 Å². The number of hydrogen-bond acceptors (Lipinski definition) is 9. The van der Waals surface area contributed by atoms with Crippen molar-refractivity contribution in [1.82, 2.24) is 10.3 Å². The lowest BCUT2D eigenvalue weighted by molar-refractivity contribution is -0.245. The number of amides is 1. The van der Waals surface area contributed by atoms with Crippen LogP contribution in [0.4, 0.5) is 0 Å². The summed E-state index contributed by atoms with van der Waals surface area (Å²) in [5.41, 5.74) is 4.66. The van der Waals surface area contributed by atoms with Crippen molar-refractivity contribution in [3.05, 3.63) is 95.1 Å². The minimum atomic E-state index is -0.850. The summed E-state index contributed by atoms with van der Waals surface area (Å²) >= 11 is 3.38. The average Bonchev–Trinajstić information content (AvgIpc) is 3.42. The predicted octanol–water partition coefficient (Wildman–Crippen LogP) is 5.69. The topological polar surface area (TPSA) is 107 Å². The molecule has 1 aliphatic rings. The summed E-state index contributed by atoms with van der Waals surface area (Å²) in [6.45, 7) is 3.11. The minimum absolute atomic E-state index is 0.00552. The van der Waals surface area contributed by atoms with Gasteiger partial charge in [0.2, 0.25) is 0 Å². The van der Waals surface area contributed by atoms with Gasteiger partial charge in [0.15, 0.2) is 16.7 Å². The van der Waals surface area contributed by atoms with Crippen molar-refractivity contribution in [2.45, 2.75) is 62.4 Å². The first kappa shape index (κ1) is 29.2. The van der Waals surface area contributed by atoms with E-state index in [1.165, 1.54) is 18.5 Å². The molecule has 1 saturated heterocycles. The number of aromatic nitrogens is 1. The number of para-hydroxylation sites is 1. The van der Waals surface area contributed by atoms with Crippen molar-refractivity contribution < 1.29 is 28.9 Å². The van der Waals surface area contributed by atoms with Gasteiger partial charge in [-0.1, -0.05) is 72.4 Å². The number of thioether (sulfide) groups is 1. The molecule has 10 heteroatoms. The van der Waals surface area contributed by atoms with E-state index in [0.29, 0.717) is 13.0 Å². The van der Waals surface area contributed by atoms with E-state index >= 15 is 0 Å². The van der Waals surface area contributed by atoms with E-state index in [0.717, 1.165) is 37.9 Å². The molecular formula is C31H32N2O6S2. The number of nitrogens with zero attached hydrogens (tertiary/aromatic N) is 1. The third-order valence-corrected chi connectivity index (χ3v) is 9.02. The third kappa shape index (κ3) is 7.72. The van der Waals surface area contributed by atoms with E-state index in [4.69, 9.17) is 19.2 Å². The highest BCUT2D eigenvalue weighted by Crippen LogP contribution is 2.40. The molecule has 0 aliphatic carbocycles. The van der Waals surface area contributed by atoms with Crippen LogP contribution in [-0.2, 0) is 37.0 Å². The van der Waals surface area contributed by atoms with Gasteiger partial charge in [-0.2, -0.15) is 0 Å². The van der Waals surface area contributed by atoms with Gasteiger partial charge in [0.1, 0.15) is 0 Å². The van der Waals surface area contributed by atoms with E-state index in [1.54, 1.807) is 23.1 Å². The molecule has 0 radical (unpaired) electrons. The molecule has 0 saturated carbocycles. The van der Waals surface area contributed by atoms with Crippen molar-refractivity contribution in [2.75, 3.05) is 5.75 Å². The maximum atomic E-state index is 12.2. The van der Waals surface area contributed by atoms with Crippen LogP contribution in [0, 0.1) is 0 Å². The van der Waals surface area contributed by atoms with E-state index in [9.17, 15) is 14.7 Å². The van der Waals surface area contributed by atoms with Gasteiger partial charge in [-0.15, -0.1) is 11.3 Å². The number of esters is 1. The first-order valence-electron chi connectivity index (χ1n) is 13.4. The number of nitrogens with one attached hydrogen (secondary N) is 1. The molecule has 214 valence electrons. The normalized spacial score (nSPS) is 19.5. The molecule has 4 aromatic rings. The summed E-state index contributed by atoms with van der Waals surface area (Å²) in [6.07, 6.45) is -0.979. The second-order valence-corrected chi connectivity index (χ2v) is 12.1. The summed E-state index contributed by atoms with van der Waals surface area (Å²) in [7, 11) is 0. The van der Waals surface area contributed by atoms with Crippen LogP contribution in [0.3, 0.4) is 0 Å². The largest absolute Gasteiger partial charge is 0.453 e. The molecule has 0 spiro atoms. The van der Waals surface area contributed by atoms with Gasteiger partial charge in [0.05, 0.1) is 29.0 Å². The van der Waals surface area contributed by atoms with Crippen molar-refractivity contribution in [1.29, 1.82) is 0 Å². The molecule has 1 amide bonds. The molecule has 2 heterocycles. The van der Waals surface area contributed by atoms with Crippen LogP contribution in [0.5, 0.6) is 0 Å². The summed E-state index contributed by atoms with van der Waals surface area (Å²) in [5, 5.41) is 12.2. The maximum absolute atomic E-state index is 12.2. The Morgan fingerprint density at radius 1 is 1.05 bits per heavy atom. The van der Waals surface area contributed by atoms with Crippen LogP contribution in [0.25, 0.3) is 10.2 Å². The van der Waals surface area contributed by atoms with E-state index in [1.807, 2.05) is 66.7 Å². The molecule has 3 aromatic carbocycles. The van der Waals surface area contributed by atoms with Gasteiger partial charge in [0.25, 0.3) is 5.91 Å². The standard InChI is InChI=1S/C31H32N2O6S2/c1-19(37-20(2)35)29(36)32-16-21-7-13-24(14-8-21)30-38-25(15-27(39-30)23-11-9-22(17-34)10-12-23)18-40-31-33-26-5-3-4-6-28(26)41-31/h3-14,19,25,27,30,34H,15-18H2,1-2H3,(H,32,36). The number of rotatable bonds is 10. The summed E-state index contributed by atoms with van der Waals surface area (Å²) in [5.74, 6) is -0.120. The molecule has 1 fully saturated rings. The summed E-state index contributed by atoms with van der Waals surface area (Å²) < 4.78 is 20.0. The fourth-order valence-corrected chi connectivity index (χ4v) is 6.64. The SMILES string of the molecule is CC(=O)OC(C)C(=O)NCc1ccc(C2OC(CSc3nc4ccccc4s3)CC(c3ccc(CO)cc3)O2)cc1. The number of ether oxygens (including phenoxy) is 3. The van der Waals surface area contributed by atoms with Crippen molar-refractivity contribution in [2.24, 2.45) is 0 Å². The number of thiazole rings is 1. The van der Waals surface area contributed by atoms with Gasteiger partial charge in [-0.25, -0.2) is 4.98 Å². The highest BCUT2D eigenvalue weighted by Gasteiger charge is 2.32. The number of aliphatic hydroxyl groups excluding tert-OH is 1. The molecule has 4 atom stereocenters. The van der Waals surface area contributed by atoms with E-state index in [2.05, 4.69) is 11.4 Å². The number of hydrogen-bond donors (Lipinski definition) is 2. The van der Waals surface area contributed by atoms with Crippen molar-refractivity contribution in [3.8, 4) is 0 Å². The average molecular weight is 593 g/mol. The molecule has 5 rings (SSSR count). The molecular weight excluding hydrogens is 560 g/mol. The lowest BCUT2D eigenvalue weighted by atomic mass is 10.0. The molecule has 1 aliphatic heterocycles. The highest BCUT2D eigenvalue weighted by molar-refractivity contribution is 8.01. The minimum Gasteiger partial charge on any atom is -0.453 e. The number of fused-ring (bicyclic) bond motifs is 1. The van der Waals surface area contributed by atoms with Crippen LogP contribution >= 0.6 is 23.1 Å². The van der Waals surface area contributed by atoms with Crippen LogP contribution in [0.2, 0.25) is 0 Å². The smallest absolute Gasteiger partial charge is 0.303 e. The monoisotopic (exact) mass is 592 g/mol. The van der Waals surface area contributed by atoms with E-state index < -0.39 is 18.4 Å². The van der Waals surface area contributed by atoms with Crippen molar-refractivity contribution in [3.63, 3.8) is 0 Å². The van der Waals surface area contributed by atoms with Gasteiger partial charge >= 0.3 is 5.97 Å². The zero-order valence-corrected chi connectivity index (χ0v) is 24.5. The number of carbonyl (C=O) groups is 2. The Bertz CT molecular complexity index is 1440.